The highest BCUT2D eigenvalue weighted by Crippen LogP contribution is 2.25. The lowest BCUT2D eigenvalue weighted by Gasteiger charge is -2.15. The summed E-state index contributed by atoms with van der Waals surface area (Å²) in [6.45, 7) is 7.43. The third-order valence-electron chi connectivity index (χ3n) is 2.42. The van der Waals surface area contributed by atoms with Crippen LogP contribution in [0.5, 0.6) is 0 Å². The number of hydrogen-bond acceptors (Lipinski definition) is 3. The van der Waals surface area contributed by atoms with Crippen molar-refractivity contribution in [3.63, 3.8) is 0 Å². The van der Waals surface area contributed by atoms with Gasteiger partial charge in [0.25, 0.3) is 5.69 Å². The zero-order valence-electron chi connectivity index (χ0n) is 9.56. The van der Waals surface area contributed by atoms with Gasteiger partial charge in [-0.05, 0) is 26.3 Å². The number of benzene rings is 1. The van der Waals surface area contributed by atoms with Gasteiger partial charge in [0.05, 0.1) is 4.92 Å². The number of hydrogen-bond donors (Lipinski definition) is 1. The van der Waals surface area contributed by atoms with Crippen molar-refractivity contribution in [3.8, 4) is 0 Å². The molecule has 1 aromatic carbocycles. The average molecular weight is 220 g/mol. The molecule has 0 fully saturated rings. The summed E-state index contributed by atoms with van der Waals surface area (Å²) >= 11 is 0. The minimum Gasteiger partial charge on any atom is -0.382 e. The molecule has 1 unspecified atom stereocenters. The first kappa shape index (κ1) is 12.2. The summed E-state index contributed by atoms with van der Waals surface area (Å²) in [7, 11) is 0. The van der Waals surface area contributed by atoms with E-state index in [9.17, 15) is 10.1 Å². The maximum atomic E-state index is 10.7. The van der Waals surface area contributed by atoms with E-state index >= 15 is 0 Å². The summed E-state index contributed by atoms with van der Waals surface area (Å²) in [5, 5.41) is 14.0. The molecule has 1 N–H and O–H groups in total. The average Bonchev–Trinajstić information content (AvgIpc) is 2.21. The zero-order valence-corrected chi connectivity index (χ0v) is 9.56. The monoisotopic (exact) mass is 220 g/mol. The second-order valence-corrected chi connectivity index (χ2v) is 3.78. The van der Waals surface area contributed by atoms with E-state index in [1.807, 2.05) is 19.1 Å². The van der Waals surface area contributed by atoms with Gasteiger partial charge >= 0.3 is 0 Å². The zero-order chi connectivity index (χ0) is 12.1. The Labute approximate surface area is 95.1 Å². The van der Waals surface area contributed by atoms with Gasteiger partial charge < -0.3 is 5.32 Å². The van der Waals surface area contributed by atoms with Crippen molar-refractivity contribution in [1.82, 2.24) is 0 Å². The Morgan fingerprint density at radius 3 is 2.88 bits per heavy atom. The van der Waals surface area contributed by atoms with Crippen molar-refractivity contribution < 1.29 is 4.92 Å². The number of anilines is 1. The van der Waals surface area contributed by atoms with E-state index in [1.54, 1.807) is 13.0 Å². The molecule has 1 rings (SSSR count). The van der Waals surface area contributed by atoms with Crippen LogP contribution in [0, 0.1) is 17.0 Å². The maximum Gasteiger partial charge on any atom is 0.274 e. The van der Waals surface area contributed by atoms with E-state index in [-0.39, 0.29) is 16.7 Å². The molecule has 0 aliphatic carbocycles. The first-order valence-corrected chi connectivity index (χ1v) is 5.17. The van der Waals surface area contributed by atoms with Crippen LogP contribution in [0.15, 0.2) is 30.9 Å². The van der Waals surface area contributed by atoms with Gasteiger partial charge in [-0.25, -0.2) is 0 Å². The van der Waals surface area contributed by atoms with Crippen LogP contribution in [-0.2, 0) is 0 Å². The van der Waals surface area contributed by atoms with E-state index < -0.39 is 0 Å². The summed E-state index contributed by atoms with van der Waals surface area (Å²) < 4.78 is 0. The smallest absolute Gasteiger partial charge is 0.274 e. The molecule has 0 aliphatic heterocycles. The first-order valence-electron chi connectivity index (χ1n) is 5.17. The minimum atomic E-state index is -0.362. The Morgan fingerprint density at radius 1 is 1.62 bits per heavy atom. The molecule has 1 aromatic rings. The minimum absolute atomic E-state index is 0.149. The number of rotatable bonds is 5. The van der Waals surface area contributed by atoms with Crippen LogP contribution in [-0.4, -0.2) is 11.0 Å². The summed E-state index contributed by atoms with van der Waals surface area (Å²) in [5.41, 5.74) is 1.63. The molecule has 1 atom stereocenters. The Hall–Kier alpha value is -1.84. The van der Waals surface area contributed by atoms with Gasteiger partial charge in [0, 0.05) is 23.4 Å². The van der Waals surface area contributed by atoms with Gasteiger partial charge in [0.15, 0.2) is 0 Å². The quantitative estimate of drug-likeness (QED) is 0.470. The third kappa shape index (κ3) is 2.82. The first-order chi connectivity index (χ1) is 7.56. The Morgan fingerprint density at radius 2 is 2.31 bits per heavy atom. The predicted molar refractivity (Wildman–Crippen MR) is 65.7 cm³/mol. The van der Waals surface area contributed by atoms with Crippen LogP contribution in [0.25, 0.3) is 0 Å². The van der Waals surface area contributed by atoms with Crippen molar-refractivity contribution in [1.29, 1.82) is 0 Å². The molecule has 86 valence electrons. The molecule has 4 nitrogen and oxygen atoms in total. The van der Waals surface area contributed by atoms with E-state index in [4.69, 9.17) is 0 Å². The largest absolute Gasteiger partial charge is 0.382 e. The lowest BCUT2D eigenvalue weighted by molar-refractivity contribution is -0.385. The highest BCUT2D eigenvalue weighted by atomic mass is 16.6. The summed E-state index contributed by atoms with van der Waals surface area (Å²) in [5.74, 6) is 0. The van der Waals surface area contributed by atoms with E-state index in [2.05, 4.69) is 11.9 Å². The van der Waals surface area contributed by atoms with Crippen LogP contribution >= 0.6 is 0 Å². The molecule has 0 amide bonds. The van der Waals surface area contributed by atoms with Crippen molar-refractivity contribution >= 4 is 11.4 Å². The molecule has 0 heterocycles. The topological polar surface area (TPSA) is 55.2 Å². The molecule has 0 saturated carbocycles. The molecule has 0 saturated heterocycles. The fourth-order valence-electron chi connectivity index (χ4n) is 1.55. The lowest BCUT2D eigenvalue weighted by atomic mass is 10.1. The predicted octanol–water partition coefficient (Wildman–Crippen LogP) is 3.28. The maximum absolute atomic E-state index is 10.7. The second kappa shape index (κ2) is 5.30. The molecular formula is C12H16N2O2. The number of nitro groups is 1. The fourth-order valence-corrected chi connectivity index (χ4v) is 1.55. The Bertz CT molecular complexity index is 402. The van der Waals surface area contributed by atoms with Gasteiger partial charge in [-0.1, -0.05) is 12.1 Å². The standard InChI is InChI=1S/C12H16N2O2/c1-4-6-9(2)13-11-7-5-8-12(10(11)3)14(15)16/h4-5,7-9,13H,1,6H2,2-3H3. The molecule has 0 spiro atoms. The van der Waals surface area contributed by atoms with Crippen molar-refractivity contribution in [2.75, 3.05) is 5.32 Å². The van der Waals surface area contributed by atoms with Crippen LogP contribution in [0.3, 0.4) is 0 Å². The highest BCUT2D eigenvalue weighted by molar-refractivity contribution is 5.60. The van der Waals surface area contributed by atoms with Gasteiger partial charge in [-0.3, -0.25) is 10.1 Å². The highest BCUT2D eigenvalue weighted by Gasteiger charge is 2.13. The summed E-state index contributed by atoms with van der Waals surface area (Å²) in [6, 6.07) is 5.27. The molecule has 0 aromatic heterocycles. The van der Waals surface area contributed by atoms with Gasteiger partial charge in [-0.15, -0.1) is 6.58 Å². The molecule has 16 heavy (non-hydrogen) atoms. The Kier molecular flexibility index (Phi) is 4.05. The van der Waals surface area contributed by atoms with E-state index in [1.165, 1.54) is 6.07 Å². The summed E-state index contributed by atoms with van der Waals surface area (Å²) in [4.78, 5) is 10.4. The number of nitrogens with one attached hydrogen (secondary N) is 1. The van der Waals surface area contributed by atoms with E-state index in [0.29, 0.717) is 5.56 Å². The van der Waals surface area contributed by atoms with Gasteiger partial charge in [-0.2, -0.15) is 0 Å². The molecule has 0 radical (unpaired) electrons. The Balaban J connectivity index is 2.92. The van der Waals surface area contributed by atoms with Crippen LogP contribution < -0.4 is 5.32 Å². The second-order valence-electron chi connectivity index (χ2n) is 3.78. The van der Waals surface area contributed by atoms with Crippen LogP contribution in [0.1, 0.15) is 18.9 Å². The molecular weight excluding hydrogens is 204 g/mol. The lowest BCUT2D eigenvalue weighted by Crippen LogP contribution is -2.14. The molecule has 4 heteroatoms. The van der Waals surface area contributed by atoms with Gasteiger partial charge in [0.1, 0.15) is 0 Å². The number of nitrogens with zero attached hydrogens (tertiary/aromatic N) is 1. The van der Waals surface area contributed by atoms with E-state index in [0.717, 1.165) is 12.1 Å². The third-order valence-corrected chi connectivity index (χ3v) is 2.42. The van der Waals surface area contributed by atoms with Crippen LogP contribution in [0.4, 0.5) is 11.4 Å². The fraction of sp³-hybridized carbons (Fsp3) is 0.333. The van der Waals surface area contributed by atoms with Crippen LogP contribution in [0.2, 0.25) is 0 Å². The molecule has 0 bridgehead atoms. The number of nitro benzene ring substituents is 1. The van der Waals surface area contributed by atoms with Crippen molar-refractivity contribution in [2.45, 2.75) is 26.3 Å². The SMILES string of the molecule is C=CCC(C)Nc1cccc([N+](=O)[O-])c1C. The summed E-state index contributed by atoms with van der Waals surface area (Å²) in [6.07, 6.45) is 2.65. The van der Waals surface area contributed by atoms with Crippen molar-refractivity contribution in [2.24, 2.45) is 0 Å². The normalized spacial score (nSPS) is 11.9. The van der Waals surface area contributed by atoms with Gasteiger partial charge in [0.2, 0.25) is 0 Å². The van der Waals surface area contributed by atoms with Crippen molar-refractivity contribution in [3.05, 3.63) is 46.5 Å². The molecule has 0 aliphatic rings.